The lowest BCUT2D eigenvalue weighted by Gasteiger charge is -2.28. The first-order valence-electron chi connectivity index (χ1n) is 25.1. The van der Waals surface area contributed by atoms with Gasteiger partial charge in [-0.2, -0.15) is 0 Å². The van der Waals surface area contributed by atoms with Crippen molar-refractivity contribution in [2.75, 3.05) is 14.7 Å². The Morgan fingerprint density at radius 3 is 1.52 bits per heavy atom. The van der Waals surface area contributed by atoms with Gasteiger partial charge in [0.2, 0.25) is 0 Å². The summed E-state index contributed by atoms with van der Waals surface area (Å²) in [6, 6.07) is 90.9. The van der Waals surface area contributed by atoms with Gasteiger partial charge in [0.25, 0.3) is 0 Å². The first kappa shape index (κ1) is 42.7. The monoisotopic (exact) mass is 952 g/mol. The molecule has 0 aliphatic heterocycles. The molecule has 4 nitrogen and oxygen atoms in total. The van der Waals surface area contributed by atoms with Crippen LogP contribution in [0.4, 0.5) is 45.5 Å². The van der Waals surface area contributed by atoms with Crippen molar-refractivity contribution in [1.82, 2.24) is 4.57 Å². The predicted molar refractivity (Wildman–Crippen MR) is 313 cm³/mol. The Bertz CT molecular complexity index is 4230. The van der Waals surface area contributed by atoms with Gasteiger partial charge in [-0.05, 0) is 144 Å². The molecule has 0 spiro atoms. The average Bonchev–Trinajstić information content (AvgIpc) is 4.01. The van der Waals surface area contributed by atoms with E-state index in [0.717, 1.165) is 69.4 Å². The molecule has 14 rings (SSSR count). The van der Waals surface area contributed by atoms with Crippen molar-refractivity contribution >= 4 is 120 Å². The zero-order valence-corrected chi connectivity index (χ0v) is 40.8. The van der Waals surface area contributed by atoms with Crippen LogP contribution < -0.4 is 14.7 Å². The summed E-state index contributed by atoms with van der Waals surface area (Å²) in [4.78, 5) is 7.26. The summed E-state index contributed by atoms with van der Waals surface area (Å²) < 4.78 is 4.97. The molecule has 1 aliphatic rings. The molecule has 0 radical (unpaired) electrons. The summed E-state index contributed by atoms with van der Waals surface area (Å²) >= 11 is 1.89. The topological polar surface area (TPSA) is 14.7 Å². The fraction of sp³-hybridized carbons (Fsp3) is 0.0294. The molecule has 2 aromatic heterocycles. The second kappa shape index (κ2) is 17.9. The Morgan fingerprint density at radius 2 is 0.877 bits per heavy atom. The summed E-state index contributed by atoms with van der Waals surface area (Å²) in [7, 11) is 0. The lowest BCUT2D eigenvalue weighted by molar-refractivity contribution is 0.997. The van der Waals surface area contributed by atoms with Crippen LogP contribution in [0.1, 0.15) is 12.8 Å². The minimum Gasteiger partial charge on any atom is -0.311 e. The van der Waals surface area contributed by atoms with Gasteiger partial charge in [-0.1, -0.05) is 158 Å². The number of aromatic nitrogens is 1. The number of allylic oxidation sites excluding steroid dienone is 3. The van der Waals surface area contributed by atoms with E-state index in [2.05, 4.69) is 286 Å². The fourth-order valence-corrected chi connectivity index (χ4v) is 12.4. The minimum atomic E-state index is 0.988. The molecule has 11 aromatic carbocycles. The maximum Gasteiger partial charge on any atom is 0.0646 e. The van der Waals surface area contributed by atoms with Gasteiger partial charge >= 0.3 is 0 Å². The molecule has 73 heavy (non-hydrogen) atoms. The zero-order chi connectivity index (χ0) is 48.2. The number of anilines is 8. The Balaban J connectivity index is 0.957. The van der Waals surface area contributed by atoms with Gasteiger partial charge in [0.05, 0.1) is 21.4 Å². The van der Waals surface area contributed by atoms with Crippen LogP contribution >= 0.6 is 11.3 Å². The molecular formula is C68H48N4S. The van der Waals surface area contributed by atoms with E-state index in [-0.39, 0.29) is 0 Å². The van der Waals surface area contributed by atoms with Gasteiger partial charge in [0, 0.05) is 77.4 Å². The Hall–Kier alpha value is -9.16. The van der Waals surface area contributed by atoms with E-state index in [1.165, 1.54) is 63.9 Å². The summed E-state index contributed by atoms with van der Waals surface area (Å²) in [5.41, 5.74) is 13.6. The number of thiophene rings is 1. The lowest BCUT2D eigenvalue weighted by atomic mass is 10.0. The maximum absolute atomic E-state index is 2.47. The van der Waals surface area contributed by atoms with Crippen LogP contribution in [-0.4, -0.2) is 4.57 Å². The van der Waals surface area contributed by atoms with Gasteiger partial charge < -0.3 is 19.3 Å². The molecule has 0 N–H and O–H groups in total. The number of hydrogen-bond acceptors (Lipinski definition) is 4. The highest BCUT2D eigenvalue weighted by molar-refractivity contribution is 7.26. The molecule has 0 saturated carbocycles. The van der Waals surface area contributed by atoms with Gasteiger partial charge in [0.1, 0.15) is 0 Å². The van der Waals surface area contributed by atoms with Crippen molar-refractivity contribution in [3.8, 4) is 5.69 Å². The Labute approximate surface area is 428 Å². The number of nitrogens with zero attached hydrogens (tertiary/aromatic N) is 4. The first-order valence-corrected chi connectivity index (χ1v) is 26.0. The molecular weight excluding hydrogens is 905 g/mol. The fourth-order valence-electron chi connectivity index (χ4n) is 11.2. The molecule has 2 heterocycles. The summed E-state index contributed by atoms with van der Waals surface area (Å²) in [5, 5.41) is 9.90. The summed E-state index contributed by atoms with van der Waals surface area (Å²) in [6.07, 6.45) is 9.03. The number of rotatable bonds is 10. The van der Waals surface area contributed by atoms with E-state index >= 15 is 0 Å². The molecule has 1 aliphatic carbocycles. The minimum absolute atomic E-state index is 0.988. The lowest BCUT2D eigenvalue weighted by Crippen LogP contribution is -2.16. The molecule has 0 fully saturated rings. The maximum atomic E-state index is 2.47. The highest BCUT2D eigenvalue weighted by Crippen LogP contribution is 2.50. The molecule has 0 unspecified atom stereocenters. The van der Waals surface area contributed by atoms with E-state index in [1.54, 1.807) is 0 Å². The van der Waals surface area contributed by atoms with Crippen LogP contribution in [0.25, 0.3) is 69.2 Å². The second-order valence-corrected chi connectivity index (χ2v) is 19.9. The summed E-state index contributed by atoms with van der Waals surface area (Å²) in [6.45, 7) is 0. The van der Waals surface area contributed by atoms with E-state index in [9.17, 15) is 0 Å². The van der Waals surface area contributed by atoms with Gasteiger partial charge in [0.15, 0.2) is 0 Å². The quantitative estimate of drug-likeness (QED) is 0.136. The van der Waals surface area contributed by atoms with Gasteiger partial charge in [-0.25, -0.2) is 0 Å². The van der Waals surface area contributed by atoms with E-state index in [0.29, 0.717) is 0 Å². The predicted octanol–water partition coefficient (Wildman–Crippen LogP) is 19.8. The Morgan fingerprint density at radius 1 is 0.356 bits per heavy atom. The number of benzene rings is 11. The average molecular weight is 953 g/mol. The standard InChI is InChI=1S/C68H48N4S/c1-6-23-50(24-7-1)69(55-35-34-47-20-16-17-21-48(47)42-55)56-36-39-60-61-40-37-57(45-64(61)72(63(60)44-56)54-31-14-5-15-32-54)70(51-25-8-2-9-26-51)58-38-41-62-66(46-58)73-68-65(43-49-22-18-19-33-59(49)67(62)68)71(52-27-10-3-11-28-52)53-29-12-4-13-30-53/h1,3-8,10-46H,2,9H2. The Kier molecular flexibility index (Phi) is 10.5. The highest BCUT2D eigenvalue weighted by atomic mass is 32.1. The van der Waals surface area contributed by atoms with Crippen molar-refractivity contribution in [3.63, 3.8) is 0 Å². The largest absolute Gasteiger partial charge is 0.311 e. The molecule has 0 amide bonds. The second-order valence-electron chi connectivity index (χ2n) is 18.8. The zero-order valence-electron chi connectivity index (χ0n) is 40.0. The van der Waals surface area contributed by atoms with Crippen LogP contribution in [-0.2, 0) is 0 Å². The van der Waals surface area contributed by atoms with Gasteiger partial charge in [-0.15, -0.1) is 11.3 Å². The van der Waals surface area contributed by atoms with Crippen LogP contribution in [0.15, 0.2) is 273 Å². The van der Waals surface area contributed by atoms with E-state index < -0.39 is 0 Å². The molecule has 13 aromatic rings. The molecule has 0 bridgehead atoms. The number of hydrogen-bond donors (Lipinski definition) is 0. The first-order chi connectivity index (χ1) is 36.2. The smallest absolute Gasteiger partial charge is 0.0646 e. The third kappa shape index (κ3) is 7.44. The molecule has 0 atom stereocenters. The SMILES string of the molecule is C1=CC(N(c2ccc3c(c2)sc2c(N(c4ccccc4)c4ccccc4)cc4ccccc4c23)c2ccc3c4ccc(N(c5ccccc5)c5ccc6ccccc6c5)cc4n(-c4ccccc4)c3c2)=CCC1. The van der Waals surface area contributed by atoms with Crippen molar-refractivity contribution in [3.05, 3.63) is 273 Å². The summed E-state index contributed by atoms with van der Waals surface area (Å²) in [5.74, 6) is 0. The number of fused-ring (bicyclic) bond motifs is 9. The van der Waals surface area contributed by atoms with Crippen molar-refractivity contribution in [2.24, 2.45) is 0 Å². The van der Waals surface area contributed by atoms with Crippen molar-refractivity contribution < 1.29 is 0 Å². The van der Waals surface area contributed by atoms with Crippen LogP contribution in [0.2, 0.25) is 0 Å². The van der Waals surface area contributed by atoms with Crippen molar-refractivity contribution in [2.45, 2.75) is 12.8 Å². The van der Waals surface area contributed by atoms with E-state index in [4.69, 9.17) is 0 Å². The number of para-hydroxylation sites is 4. The molecule has 5 heteroatoms. The third-order valence-corrected chi connectivity index (χ3v) is 15.6. The van der Waals surface area contributed by atoms with E-state index in [1.807, 2.05) is 11.3 Å². The normalized spacial score (nSPS) is 12.6. The molecule has 0 saturated heterocycles. The highest BCUT2D eigenvalue weighted by Gasteiger charge is 2.24. The molecule has 346 valence electrons. The van der Waals surface area contributed by atoms with Crippen LogP contribution in [0.5, 0.6) is 0 Å². The van der Waals surface area contributed by atoms with Gasteiger partial charge in [-0.3, -0.25) is 0 Å². The third-order valence-electron chi connectivity index (χ3n) is 14.5. The van der Waals surface area contributed by atoms with Crippen molar-refractivity contribution in [1.29, 1.82) is 0 Å². The van der Waals surface area contributed by atoms with Crippen LogP contribution in [0.3, 0.4) is 0 Å². The van der Waals surface area contributed by atoms with Crippen LogP contribution in [0, 0.1) is 0 Å².